The molecule has 1 aromatic carbocycles. The Bertz CT molecular complexity index is 351. The van der Waals surface area contributed by atoms with Gasteiger partial charge in [-0.05, 0) is 22.0 Å². The second-order valence-electron chi connectivity index (χ2n) is 2.84. The molecule has 68 valence electrons. The Morgan fingerprint density at radius 1 is 1.62 bits per heavy atom. The molecule has 0 fully saturated rings. The molecule has 2 rings (SSSR count). The number of ether oxygens (including phenoxy) is 1. The van der Waals surface area contributed by atoms with E-state index in [0.717, 1.165) is 15.8 Å². The SMILES string of the molecule is ON=CC1COc2c(Br)cccc21. The van der Waals surface area contributed by atoms with Crippen LogP contribution in [0.4, 0.5) is 0 Å². The highest BCUT2D eigenvalue weighted by molar-refractivity contribution is 9.10. The van der Waals surface area contributed by atoms with E-state index in [2.05, 4.69) is 21.1 Å². The molecule has 0 amide bonds. The molecule has 0 saturated carbocycles. The van der Waals surface area contributed by atoms with Gasteiger partial charge in [-0.25, -0.2) is 0 Å². The Morgan fingerprint density at radius 2 is 2.46 bits per heavy atom. The Labute approximate surface area is 84.1 Å². The normalized spacial score (nSPS) is 20.2. The second kappa shape index (κ2) is 3.38. The summed E-state index contributed by atoms with van der Waals surface area (Å²) in [6.07, 6.45) is 1.48. The summed E-state index contributed by atoms with van der Waals surface area (Å²) in [6.45, 7) is 0.544. The van der Waals surface area contributed by atoms with E-state index in [0.29, 0.717) is 6.61 Å². The molecular formula is C9H8BrNO2. The number of fused-ring (bicyclic) bond motifs is 1. The summed E-state index contributed by atoms with van der Waals surface area (Å²) in [5, 5.41) is 11.4. The molecule has 0 bridgehead atoms. The van der Waals surface area contributed by atoms with Crippen LogP contribution in [0, 0.1) is 0 Å². The van der Waals surface area contributed by atoms with Crippen molar-refractivity contribution in [2.24, 2.45) is 5.16 Å². The van der Waals surface area contributed by atoms with E-state index in [9.17, 15) is 0 Å². The maximum absolute atomic E-state index is 8.42. The first-order chi connectivity index (χ1) is 6.33. The van der Waals surface area contributed by atoms with Crippen molar-refractivity contribution >= 4 is 22.1 Å². The summed E-state index contributed by atoms with van der Waals surface area (Å²) in [5.41, 5.74) is 1.06. The van der Waals surface area contributed by atoms with Crippen LogP contribution in [0.25, 0.3) is 0 Å². The minimum atomic E-state index is 0.0671. The van der Waals surface area contributed by atoms with E-state index < -0.39 is 0 Å². The Kier molecular flexibility index (Phi) is 2.22. The zero-order valence-electron chi connectivity index (χ0n) is 6.77. The van der Waals surface area contributed by atoms with Gasteiger partial charge < -0.3 is 9.94 Å². The highest BCUT2D eigenvalue weighted by Crippen LogP contribution is 2.38. The van der Waals surface area contributed by atoms with Gasteiger partial charge in [-0.15, -0.1) is 5.16 Å². The van der Waals surface area contributed by atoms with Crippen molar-refractivity contribution in [3.63, 3.8) is 0 Å². The first kappa shape index (κ1) is 8.56. The number of benzene rings is 1. The van der Waals surface area contributed by atoms with E-state index in [1.807, 2.05) is 18.2 Å². The standard InChI is InChI=1S/C9H8BrNO2/c10-8-3-1-2-7-6(4-11-12)5-13-9(7)8/h1-4,6,12H,5H2. The minimum Gasteiger partial charge on any atom is -0.491 e. The molecule has 4 heteroatoms. The number of para-hydroxylation sites is 1. The van der Waals surface area contributed by atoms with E-state index in [4.69, 9.17) is 9.94 Å². The molecular weight excluding hydrogens is 234 g/mol. The summed E-state index contributed by atoms with van der Waals surface area (Å²) >= 11 is 3.39. The van der Waals surface area contributed by atoms with E-state index >= 15 is 0 Å². The minimum absolute atomic E-state index is 0.0671. The van der Waals surface area contributed by atoms with E-state index in [1.165, 1.54) is 6.21 Å². The molecule has 1 atom stereocenters. The number of halogens is 1. The lowest BCUT2D eigenvalue weighted by molar-refractivity contribution is 0.314. The number of nitrogens with zero attached hydrogens (tertiary/aromatic N) is 1. The van der Waals surface area contributed by atoms with Gasteiger partial charge in [-0.3, -0.25) is 0 Å². The third-order valence-electron chi connectivity index (χ3n) is 2.05. The molecule has 1 aromatic rings. The van der Waals surface area contributed by atoms with Crippen LogP contribution in [0.2, 0.25) is 0 Å². The number of hydrogen-bond donors (Lipinski definition) is 1. The molecule has 1 heterocycles. The lowest BCUT2D eigenvalue weighted by atomic mass is 10.0. The van der Waals surface area contributed by atoms with Gasteiger partial charge in [0.25, 0.3) is 0 Å². The molecule has 1 aliphatic heterocycles. The maximum Gasteiger partial charge on any atom is 0.137 e. The average Bonchev–Trinajstić information content (AvgIpc) is 2.51. The molecule has 0 aliphatic carbocycles. The van der Waals surface area contributed by atoms with E-state index in [1.54, 1.807) is 0 Å². The molecule has 0 radical (unpaired) electrons. The fourth-order valence-corrected chi connectivity index (χ4v) is 1.93. The van der Waals surface area contributed by atoms with Crippen molar-refractivity contribution in [1.29, 1.82) is 0 Å². The molecule has 1 N–H and O–H groups in total. The van der Waals surface area contributed by atoms with Crippen molar-refractivity contribution in [2.75, 3.05) is 6.61 Å². The molecule has 0 saturated heterocycles. The average molecular weight is 242 g/mol. The lowest BCUT2D eigenvalue weighted by Crippen LogP contribution is -2.01. The number of rotatable bonds is 1. The topological polar surface area (TPSA) is 41.8 Å². The Balaban J connectivity index is 2.43. The van der Waals surface area contributed by atoms with Crippen molar-refractivity contribution in [3.05, 3.63) is 28.2 Å². The van der Waals surface area contributed by atoms with Gasteiger partial charge in [0.05, 0.1) is 16.6 Å². The van der Waals surface area contributed by atoms with Gasteiger partial charge in [0, 0.05) is 5.56 Å². The van der Waals surface area contributed by atoms with Gasteiger partial charge in [0.2, 0.25) is 0 Å². The van der Waals surface area contributed by atoms with Crippen LogP contribution in [-0.2, 0) is 0 Å². The van der Waals surface area contributed by atoms with Crippen LogP contribution in [-0.4, -0.2) is 18.0 Å². The molecule has 1 aliphatic rings. The van der Waals surface area contributed by atoms with Gasteiger partial charge in [0.1, 0.15) is 12.4 Å². The lowest BCUT2D eigenvalue weighted by Gasteiger charge is -2.00. The highest BCUT2D eigenvalue weighted by atomic mass is 79.9. The molecule has 0 spiro atoms. The quantitative estimate of drug-likeness (QED) is 0.466. The van der Waals surface area contributed by atoms with Crippen LogP contribution in [0.3, 0.4) is 0 Å². The molecule has 0 aromatic heterocycles. The molecule has 3 nitrogen and oxygen atoms in total. The maximum atomic E-state index is 8.42. The number of oxime groups is 1. The summed E-state index contributed by atoms with van der Waals surface area (Å²) in [4.78, 5) is 0. The third kappa shape index (κ3) is 1.42. The van der Waals surface area contributed by atoms with Gasteiger partial charge >= 0.3 is 0 Å². The fourth-order valence-electron chi connectivity index (χ4n) is 1.44. The summed E-state index contributed by atoms with van der Waals surface area (Å²) in [6, 6.07) is 5.84. The fraction of sp³-hybridized carbons (Fsp3) is 0.222. The predicted molar refractivity (Wildman–Crippen MR) is 52.7 cm³/mol. The molecule has 1 unspecified atom stereocenters. The molecule has 13 heavy (non-hydrogen) atoms. The first-order valence-corrected chi connectivity index (χ1v) is 4.71. The first-order valence-electron chi connectivity index (χ1n) is 3.91. The summed E-state index contributed by atoms with van der Waals surface area (Å²) in [5.74, 6) is 0.921. The highest BCUT2D eigenvalue weighted by Gasteiger charge is 2.24. The summed E-state index contributed by atoms with van der Waals surface area (Å²) in [7, 11) is 0. The smallest absolute Gasteiger partial charge is 0.137 e. The van der Waals surface area contributed by atoms with Gasteiger partial charge in [-0.1, -0.05) is 12.1 Å². The van der Waals surface area contributed by atoms with Crippen molar-refractivity contribution in [2.45, 2.75) is 5.92 Å². The zero-order chi connectivity index (χ0) is 9.26. The van der Waals surface area contributed by atoms with Crippen LogP contribution in [0.15, 0.2) is 27.8 Å². The predicted octanol–water partition coefficient (Wildman–Crippen LogP) is 2.39. The largest absolute Gasteiger partial charge is 0.491 e. The van der Waals surface area contributed by atoms with Crippen LogP contribution in [0.1, 0.15) is 11.5 Å². The Hall–Kier alpha value is -1.03. The van der Waals surface area contributed by atoms with Gasteiger partial charge in [0.15, 0.2) is 0 Å². The van der Waals surface area contributed by atoms with E-state index in [-0.39, 0.29) is 5.92 Å². The van der Waals surface area contributed by atoms with Crippen LogP contribution < -0.4 is 4.74 Å². The van der Waals surface area contributed by atoms with Crippen LogP contribution in [0.5, 0.6) is 5.75 Å². The van der Waals surface area contributed by atoms with Crippen molar-refractivity contribution < 1.29 is 9.94 Å². The number of hydrogen-bond acceptors (Lipinski definition) is 3. The third-order valence-corrected chi connectivity index (χ3v) is 2.68. The zero-order valence-corrected chi connectivity index (χ0v) is 8.36. The summed E-state index contributed by atoms with van der Waals surface area (Å²) < 4.78 is 6.39. The monoisotopic (exact) mass is 241 g/mol. The van der Waals surface area contributed by atoms with Gasteiger partial charge in [-0.2, -0.15) is 0 Å². The van der Waals surface area contributed by atoms with Crippen molar-refractivity contribution in [1.82, 2.24) is 0 Å². The van der Waals surface area contributed by atoms with Crippen molar-refractivity contribution in [3.8, 4) is 5.75 Å². The Morgan fingerprint density at radius 3 is 3.23 bits per heavy atom. The van der Waals surface area contributed by atoms with Crippen LogP contribution >= 0.6 is 15.9 Å². The second-order valence-corrected chi connectivity index (χ2v) is 3.69.